The lowest BCUT2D eigenvalue weighted by atomic mass is 10.1. The smallest absolute Gasteiger partial charge is 0.219 e. The Morgan fingerprint density at radius 3 is 3.13 bits per heavy atom. The summed E-state index contributed by atoms with van der Waals surface area (Å²) in [7, 11) is 0. The second-order valence-corrected chi connectivity index (χ2v) is 4.24. The van der Waals surface area contributed by atoms with Crippen molar-refractivity contribution in [2.24, 2.45) is 5.92 Å². The Bertz CT molecular complexity index is 339. The number of rotatable bonds is 3. The molecular weight excluding hydrogens is 190 g/mol. The molecule has 0 amide bonds. The maximum absolute atomic E-state index is 5.69. The van der Waals surface area contributed by atoms with Crippen LogP contribution in [0.1, 0.15) is 25.1 Å². The topological polar surface area (TPSA) is 47.0 Å². The molecule has 1 aliphatic heterocycles. The van der Waals surface area contributed by atoms with Crippen LogP contribution in [0.5, 0.6) is 5.88 Å². The van der Waals surface area contributed by atoms with Crippen LogP contribution in [0.2, 0.25) is 0 Å². The Hall–Kier alpha value is -1.16. The van der Waals surface area contributed by atoms with Crippen LogP contribution in [0.25, 0.3) is 0 Å². The van der Waals surface area contributed by atoms with Crippen molar-refractivity contribution in [2.45, 2.75) is 26.8 Å². The lowest BCUT2D eigenvalue weighted by molar-refractivity contribution is 0.256. The van der Waals surface area contributed by atoms with E-state index in [1.54, 1.807) is 6.33 Å². The Morgan fingerprint density at radius 2 is 2.33 bits per heavy atom. The summed E-state index contributed by atoms with van der Waals surface area (Å²) in [4.78, 5) is 8.46. The average Bonchev–Trinajstić information content (AvgIpc) is 2.26. The SMILES string of the molecule is CC(C)COc1ncnc2c1CCNC2. The highest BCUT2D eigenvalue weighted by molar-refractivity contribution is 5.31. The van der Waals surface area contributed by atoms with E-state index in [1.807, 2.05) is 0 Å². The first-order valence-electron chi connectivity index (χ1n) is 5.43. The number of fused-ring (bicyclic) bond motifs is 1. The van der Waals surface area contributed by atoms with Crippen molar-refractivity contribution in [3.8, 4) is 5.88 Å². The van der Waals surface area contributed by atoms with Gasteiger partial charge in [0.1, 0.15) is 6.33 Å². The first-order valence-corrected chi connectivity index (χ1v) is 5.43. The normalized spacial score (nSPS) is 15.1. The van der Waals surface area contributed by atoms with Crippen molar-refractivity contribution in [3.05, 3.63) is 17.6 Å². The van der Waals surface area contributed by atoms with Gasteiger partial charge in [-0.15, -0.1) is 0 Å². The fraction of sp³-hybridized carbons (Fsp3) is 0.636. The van der Waals surface area contributed by atoms with E-state index in [0.29, 0.717) is 5.92 Å². The summed E-state index contributed by atoms with van der Waals surface area (Å²) in [6, 6.07) is 0. The van der Waals surface area contributed by atoms with Gasteiger partial charge in [0, 0.05) is 12.1 Å². The molecule has 15 heavy (non-hydrogen) atoms. The van der Waals surface area contributed by atoms with Gasteiger partial charge in [-0.3, -0.25) is 0 Å². The summed E-state index contributed by atoms with van der Waals surface area (Å²) >= 11 is 0. The van der Waals surface area contributed by atoms with Crippen LogP contribution in [0.15, 0.2) is 6.33 Å². The number of aromatic nitrogens is 2. The summed E-state index contributed by atoms with van der Waals surface area (Å²) in [5.74, 6) is 1.30. The highest BCUT2D eigenvalue weighted by Gasteiger charge is 2.15. The van der Waals surface area contributed by atoms with Crippen LogP contribution in [0.3, 0.4) is 0 Å². The largest absolute Gasteiger partial charge is 0.477 e. The molecule has 1 N–H and O–H groups in total. The minimum absolute atomic E-state index is 0.525. The van der Waals surface area contributed by atoms with Gasteiger partial charge in [0.2, 0.25) is 5.88 Å². The van der Waals surface area contributed by atoms with Gasteiger partial charge in [0.05, 0.1) is 12.3 Å². The third-order valence-corrected chi connectivity index (χ3v) is 2.39. The molecule has 0 saturated carbocycles. The van der Waals surface area contributed by atoms with E-state index in [-0.39, 0.29) is 0 Å². The number of nitrogens with one attached hydrogen (secondary N) is 1. The molecule has 2 heterocycles. The van der Waals surface area contributed by atoms with Gasteiger partial charge in [0.15, 0.2) is 0 Å². The lowest BCUT2D eigenvalue weighted by Gasteiger charge is -2.18. The molecular formula is C11H17N3O. The molecule has 0 fully saturated rings. The van der Waals surface area contributed by atoms with Gasteiger partial charge in [0.25, 0.3) is 0 Å². The molecule has 4 heteroatoms. The van der Waals surface area contributed by atoms with Gasteiger partial charge < -0.3 is 10.1 Å². The Morgan fingerprint density at radius 1 is 1.47 bits per heavy atom. The molecule has 0 unspecified atom stereocenters. The second kappa shape index (κ2) is 4.57. The van der Waals surface area contributed by atoms with Crippen LogP contribution in [-0.2, 0) is 13.0 Å². The minimum Gasteiger partial charge on any atom is -0.477 e. The number of ether oxygens (including phenoxy) is 1. The molecule has 82 valence electrons. The number of nitrogens with zero attached hydrogens (tertiary/aromatic N) is 2. The van der Waals surface area contributed by atoms with Crippen LogP contribution >= 0.6 is 0 Å². The van der Waals surface area contributed by atoms with E-state index in [2.05, 4.69) is 29.1 Å². The lowest BCUT2D eigenvalue weighted by Crippen LogP contribution is -2.25. The zero-order valence-corrected chi connectivity index (χ0v) is 9.29. The molecule has 0 radical (unpaired) electrons. The van der Waals surface area contributed by atoms with Gasteiger partial charge in [-0.2, -0.15) is 0 Å². The van der Waals surface area contributed by atoms with Crippen molar-refractivity contribution in [2.75, 3.05) is 13.2 Å². The van der Waals surface area contributed by atoms with Crippen molar-refractivity contribution in [1.29, 1.82) is 0 Å². The molecule has 1 aromatic rings. The summed E-state index contributed by atoms with van der Waals surface area (Å²) in [6.45, 7) is 6.80. The molecule has 4 nitrogen and oxygen atoms in total. The third-order valence-electron chi connectivity index (χ3n) is 2.39. The van der Waals surface area contributed by atoms with Gasteiger partial charge in [-0.25, -0.2) is 9.97 Å². The van der Waals surface area contributed by atoms with E-state index in [1.165, 1.54) is 5.56 Å². The molecule has 1 aliphatic rings. The first-order chi connectivity index (χ1) is 7.27. The zero-order chi connectivity index (χ0) is 10.7. The Labute approximate surface area is 90.1 Å². The molecule has 0 saturated heterocycles. The summed E-state index contributed by atoms with van der Waals surface area (Å²) in [5.41, 5.74) is 2.26. The minimum atomic E-state index is 0.525. The molecule has 2 rings (SSSR count). The summed E-state index contributed by atoms with van der Waals surface area (Å²) in [5, 5.41) is 3.29. The van der Waals surface area contributed by atoms with Crippen LogP contribution in [-0.4, -0.2) is 23.1 Å². The molecule has 0 spiro atoms. The highest BCUT2D eigenvalue weighted by atomic mass is 16.5. The van der Waals surface area contributed by atoms with E-state index in [4.69, 9.17) is 4.74 Å². The Balaban J connectivity index is 2.16. The quantitative estimate of drug-likeness (QED) is 0.808. The molecule has 0 aromatic carbocycles. The zero-order valence-electron chi connectivity index (χ0n) is 9.29. The predicted molar refractivity (Wildman–Crippen MR) is 57.8 cm³/mol. The second-order valence-electron chi connectivity index (χ2n) is 4.24. The van der Waals surface area contributed by atoms with Crippen molar-refractivity contribution in [3.63, 3.8) is 0 Å². The van der Waals surface area contributed by atoms with Crippen molar-refractivity contribution < 1.29 is 4.74 Å². The van der Waals surface area contributed by atoms with Crippen molar-refractivity contribution >= 4 is 0 Å². The standard InChI is InChI=1S/C11H17N3O/c1-8(2)6-15-11-9-3-4-12-5-10(9)13-7-14-11/h7-8,12H,3-6H2,1-2H3. The average molecular weight is 207 g/mol. The van der Waals surface area contributed by atoms with Gasteiger partial charge in [-0.05, 0) is 18.9 Å². The summed E-state index contributed by atoms with van der Waals surface area (Å²) in [6.07, 6.45) is 2.55. The van der Waals surface area contributed by atoms with Gasteiger partial charge in [-0.1, -0.05) is 13.8 Å². The fourth-order valence-electron chi connectivity index (χ4n) is 1.62. The maximum atomic E-state index is 5.69. The number of hydrogen-bond donors (Lipinski definition) is 1. The Kier molecular flexibility index (Phi) is 3.16. The van der Waals surface area contributed by atoms with Gasteiger partial charge >= 0.3 is 0 Å². The molecule has 0 aliphatic carbocycles. The van der Waals surface area contributed by atoms with E-state index in [0.717, 1.165) is 37.7 Å². The van der Waals surface area contributed by atoms with E-state index in [9.17, 15) is 0 Å². The predicted octanol–water partition coefficient (Wildman–Crippen LogP) is 1.16. The third kappa shape index (κ3) is 2.45. The van der Waals surface area contributed by atoms with Crippen LogP contribution < -0.4 is 10.1 Å². The molecule has 0 bridgehead atoms. The summed E-state index contributed by atoms with van der Waals surface area (Å²) < 4.78 is 5.69. The maximum Gasteiger partial charge on any atom is 0.219 e. The van der Waals surface area contributed by atoms with Crippen LogP contribution in [0, 0.1) is 5.92 Å². The van der Waals surface area contributed by atoms with Crippen LogP contribution in [0.4, 0.5) is 0 Å². The number of hydrogen-bond acceptors (Lipinski definition) is 4. The van der Waals surface area contributed by atoms with E-state index < -0.39 is 0 Å². The van der Waals surface area contributed by atoms with Crippen molar-refractivity contribution in [1.82, 2.24) is 15.3 Å². The van der Waals surface area contributed by atoms with E-state index >= 15 is 0 Å². The highest BCUT2D eigenvalue weighted by Crippen LogP contribution is 2.21. The molecule has 0 atom stereocenters. The fourth-order valence-corrected chi connectivity index (χ4v) is 1.62. The monoisotopic (exact) mass is 207 g/mol. The molecule has 1 aromatic heterocycles. The first kappa shape index (κ1) is 10.4.